The third-order valence-electron chi connectivity index (χ3n) is 0.175. The van der Waals surface area contributed by atoms with Gasteiger partial charge in [0.05, 0.1) is 6.54 Å². The van der Waals surface area contributed by atoms with E-state index in [2.05, 4.69) is 5.73 Å². The van der Waals surface area contributed by atoms with Gasteiger partial charge >= 0.3 is 5.97 Å². The van der Waals surface area contributed by atoms with Crippen molar-refractivity contribution in [2.24, 2.45) is 5.73 Å². The molecule has 0 aromatic carbocycles. The summed E-state index contributed by atoms with van der Waals surface area (Å²) in [6.45, 7) is -0.278. The molecule has 0 atom stereocenters. The number of rotatable bonds is 1. The average molecular weight is 130 g/mol. The normalized spacial score (nSPS) is 6.17. The molecule has 0 aromatic rings. The molecule has 0 heterocycles. The van der Waals surface area contributed by atoms with Crippen LogP contribution in [0.15, 0.2) is 0 Å². The topological polar surface area (TPSA) is 63.3 Å². The van der Waals surface area contributed by atoms with Gasteiger partial charge in [-0.3, -0.25) is 4.79 Å². The van der Waals surface area contributed by atoms with E-state index in [-0.39, 0.29) is 23.6 Å². The van der Waals surface area contributed by atoms with Crippen molar-refractivity contribution in [1.29, 1.82) is 0 Å². The quantitative estimate of drug-likeness (QED) is 0.448. The molecule has 0 unspecified atom stereocenters. The van der Waals surface area contributed by atoms with Crippen molar-refractivity contribution in [3.8, 4) is 0 Å². The number of nitrogens with two attached hydrogens (primary N) is 1. The Bertz CT molecular complexity index is 46.8. The molecular formula is C2H5MnNO2. The smallest absolute Gasteiger partial charge is 0.317 e. The van der Waals surface area contributed by atoms with Gasteiger partial charge in [-0.2, -0.15) is 0 Å². The third-order valence-corrected chi connectivity index (χ3v) is 0.175. The number of hydrogen-bond donors (Lipinski definition) is 2. The van der Waals surface area contributed by atoms with E-state index in [1.165, 1.54) is 0 Å². The van der Waals surface area contributed by atoms with Gasteiger partial charge in [0.15, 0.2) is 0 Å². The maximum atomic E-state index is 9.24. The second-order valence-corrected chi connectivity index (χ2v) is 0.598. The zero-order valence-electron chi connectivity index (χ0n) is 3.02. The van der Waals surface area contributed by atoms with Gasteiger partial charge in [-0.25, -0.2) is 0 Å². The first kappa shape index (κ1) is 9.34. The van der Waals surface area contributed by atoms with Crippen LogP contribution < -0.4 is 5.73 Å². The zero-order chi connectivity index (χ0) is 4.28. The van der Waals surface area contributed by atoms with E-state index < -0.39 is 5.97 Å². The van der Waals surface area contributed by atoms with Crippen molar-refractivity contribution in [2.45, 2.75) is 0 Å². The second-order valence-electron chi connectivity index (χ2n) is 0.598. The van der Waals surface area contributed by atoms with Gasteiger partial charge in [0, 0.05) is 17.1 Å². The minimum Gasteiger partial charge on any atom is -0.480 e. The number of carboxylic acid groups (broad SMARTS) is 1. The Kier molecular flexibility index (Phi) is 7.71. The fourth-order valence-corrected chi connectivity index (χ4v) is 0. The minimum atomic E-state index is -0.968. The Balaban J connectivity index is 0. The fraction of sp³-hybridized carbons (Fsp3) is 0.500. The SMILES string of the molecule is NCC(=O)O.[Mn]. The van der Waals surface area contributed by atoms with Gasteiger partial charge in [-0.1, -0.05) is 0 Å². The van der Waals surface area contributed by atoms with Crippen LogP contribution >= 0.6 is 0 Å². The predicted octanol–water partition coefficient (Wildman–Crippen LogP) is -0.973. The first-order chi connectivity index (χ1) is 2.27. The van der Waals surface area contributed by atoms with Crippen LogP contribution in [0.2, 0.25) is 0 Å². The maximum Gasteiger partial charge on any atom is 0.317 e. The molecule has 0 rings (SSSR count). The molecule has 3 nitrogen and oxygen atoms in total. The molecule has 0 aliphatic heterocycles. The molecular weight excluding hydrogens is 125 g/mol. The van der Waals surface area contributed by atoms with E-state index in [4.69, 9.17) is 5.11 Å². The molecule has 0 fully saturated rings. The van der Waals surface area contributed by atoms with Gasteiger partial charge in [0.1, 0.15) is 0 Å². The minimum absolute atomic E-state index is 0. The Morgan fingerprint density at radius 2 is 2.00 bits per heavy atom. The first-order valence-corrected chi connectivity index (χ1v) is 1.19. The van der Waals surface area contributed by atoms with Crippen LogP contribution in [0.1, 0.15) is 0 Å². The number of carbonyl (C=O) groups is 1. The molecule has 0 aromatic heterocycles. The van der Waals surface area contributed by atoms with Gasteiger partial charge in [0.2, 0.25) is 0 Å². The van der Waals surface area contributed by atoms with Crippen LogP contribution in [0.4, 0.5) is 0 Å². The van der Waals surface area contributed by atoms with E-state index in [1.807, 2.05) is 0 Å². The van der Waals surface area contributed by atoms with Crippen LogP contribution in [0, 0.1) is 0 Å². The van der Waals surface area contributed by atoms with Crippen LogP contribution in [0.3, 0.4) is 0 Å². The number of hydrogen-bond acceptors (Lipinski definition) is 2. The second kappa shape index (κ2) is 4.95. The Morgan fingerprint density at radius 1 is 1.83 bits per heavy atom. The standard InChI is InChI=1S/C2H5NO2.Mn/c3-1-2(4)5;/h1,3H2,(H,4,5);. The van der Waals surface area contributed by atoms with Gasteiger partial charge in [-0.15, -0.1) is 0 Å². The molecule has 3 N–H and O–H groups in total. The van der Waals surface area contributed by atoms with Gasteiger partial charge in [-0.05, 0) is 0 Å². The Labute approximate surface area is 46.0 Å². The van der Waals surface area contributed by atoms with Crippen molar-refractivity contribution in [3.05, 3.63) is 0 Å². The number of aliphatic carboxylic acids is 1. The van der Waals surface area contributed by atoms with Crippen molar-refractivity contribution >= 4 is 5.97 Å². The largest absolute Gasteiger partial charge is 0.480 e. The van der Waals surface area contributed by atoms with E-state index in [0.717, 1.165) is 0 Å². The van der Waals surface area contributed by atoms with E-state index in [9.17, 15) is 4.79 Å². The molecule has 0 spiro atoms. The van der Waals surface area contributed by atoms with Crippen LogP contribution in [0.25, 0.3) is 0 Å². The molecule has 37 valence electrons. The molecule has 1 radical (unpaired) electrons. The van der Waals surface area contributed by atoms with Crippen molar-refractivity contribution < 1.29 is 27.0 Å². The van der Waals surface area contributed by atoms with Crippen molar-refractivity contribution in [2.75, 3.05) is 6.54 Å². The summed E-state index contributed by atoms with van der Waals surface area (Å²) < 4.78 is 0. The average Bonchev–Trinajstić information content (AvgIpc) is 1.38. The third kappa shape index (κ3) is 9.04. The molecule has 0 aliphatic rings. The van der Waals surface area contributed by atoms with Crippen molar-refractivity contribution in [3.63, 3.8) is 0 Å². The van der Waals surface area contributed by atoms with Gasteiger partial charge < -0.3 is 10.8 Å². The summed E-state index contributed by atoms with van der Waals surface area (Å²) in [4.78, 5) is 9.24. The van der Waals surface area contributed by atoms with E-state index in [0.29, 0.717) is 0 Å². The molecule has 0 bridgehead atoms. The molecule has 0 amide bonds. The summed E-state index contributed by atoms with van der Waals surface area (Å²) in [6, 6.07) is 0. The molecule has 0 aliphatic carbocycles. The summed E-state index contributed by atoms with van der Waals surface area (Å²) in [7, 11) is 0. The van der Waals surface area contributed by atoms with Crippen LogP contribution in [-0.2, 0) is 21.9 Å². The van der Waals surface area contributed by atoms with E-state index in [1.54, 1.807) is 0 Å². The first-order valence-electron chi connectivity index (χ1n) is 1.19. The van der Waals surface area contributed by atoms with Crippen LogP contribution in [-0.4, -0.2) is 17.6 Å². The molecule has 0 saturated heterocycles. The molecule has 6 heavy (non-hydrogen) atoms. The fourth-order valence-electron chi connectivity index (χ4n) is 0. The van der Waals surface area contributed by atoms with E-state index >= 15 is 0 Å². The maximum absolute atomic E-state index is 9.24. The zero-order valence-corrected chi connectivity index (χ0v) is 4.20. The summed E-state index contributed by atoms with van der Waals surface area (Å²) in [5, 5.41) is 7.60. The number of carboxylic acids is 1. The Morgan fingerprint density at radius 3 is 2.00 bits per heavy atom. The summed E-state index contributed by atoms with van der Waals surface area (Å²) in [6.07, 6.45) is 0. The summed E-state index contributed by atoms with van der Waals surface area (Å²) in [5.74, 6) is -0.968. The van der Waals surface area contributed by atoms with Crippen molar-refractivity contribution in [1.82, 2.24) is 0 Å². The monoisotopic (exact) mass is 130 g/mol. The molecule has 0 saturated carbocycles. The summed E-state index contributed by atoms with van der Waals surface area (Å²) in [5.41, 5.74) is 4.57. The predicted molar refractivity (Wildman–Crippen MR) is 16.7 cm³/mol. The molecule has 4 heteroatoms. The van der Waals surface area contributed by atoms with Gasteiger partial charge in [0.25, 0.3) is 0 Å². The Hall–Kier alpha value is -0.0505. The summed E-state index contributed by atoms with van der Waals surface area (Å²) >= 11 is 0. The van der Waals surface area contributed by atoms with Crippen LogP contribution in [0.5, 0.6) is 0 Å².